The summed E-state index contributed by atoms with van der Waals surface area (Å²) >= 11 is 11.7. The van der Waals surface area contributed by atoms with E-state index in [9.17, 15) is 0 Å². The van der Waals surface area contributed by atoms with Crippen LogP contribution in [0.5, 0.6) is 0 Å². The van der Waals surface area contributed by atoms with Crippen LogP contribution in [0.4, 0.5) is 0 Å². The Morgan fingerprint density at radius 3 is 3.00 bits per heavy atom. The third kappa shape index (κ3) is 1.55. The topological polar surface area (TPSA) is 52.8 Å². The lowest BCUT2D eigenvalue weighted by atomic mass is 10.3. The Morgan fingerprint density at radius 2 is 2.25 bits per heavy atom. The zero-order chi connectivity index (χ0) is 11.1. The summed E-state index contributed by atoms with van der Waals surface area (Å²) in [6, 6.07) is 0. The summed E-state index contributed by atoms with van der Waals surface area (Å²) in [7, 11) is 0. The molecule has 0 aromatic carbocycles. The first kappa shape index (κ1) is 10.3. The van der Waals surface area contributed by atoms with Gasteiger partial charge in [0, 0.05) is 6.61 Å². The third-order valence-electron chi connectivity index (χ3n) is 2.56. The maximum absolute atomic E-state index is 5.95. The molecule has 84 valence electrons. The molecule has 1 unspecified atom stereocenters. The summed E-state index contributed by atoms with van der Waals surface area (Å²) in [5.41, 5.74) is 0.622. The maximum Gasteiger partial charge on any atom is 0.225 e. The maximum atomic E-state index is 5.95. The quantitative estimate of drug-likeness (QED) is 0.583. The number of hydrogen-bond donors (Lipinski definition) is 0. The monoisotopic (exact) mass is 258 g/mol. The largest absolute Gasteiger partial charge is 0.356 e. The minimum atomic E-state index is -0.0699. The summed E-state index contributed by atoms with van der Waals surface area (Å²) < 4.78 is 7.25. The van der Waals surface area contributed by atoms with E-state index in [1.54, 1.807) is 10.9 Å². The Labute approximate surface area is 101 Å². The summed E-state index contributed by atoms with van der Waals surface area (Å²) in [5, 5.41) is 5.36. The first-order valence-corrected chi connectivity index (χ1v) is 5.69. The number of fused-ring (bicyclic) bond motifs is 1. The van der Waals surface area contributed by atoms with Crippen molar-refractivity contribution in [2.24, 2.45) is 0 Å². The van der Waals surface area contributed by atoms with E-state index in [1.165, 1.54) is 0 Å². The van der Waals surface area contributed by atoms with Crippen LogP contribution in [-0.4, -0.2) is 26.4 Å². The second-order valence-electron chi connectivity index (χ2n) is 3.58. The molecular weight excluding hydrogens is 251 g/mol. The highest BCUT2D eigenvalue weighted by Crippen LogP contribution is 2.28. The molecule has 5 nitrogen and oxygen atoms in total. The van der Waals surface area contributed by atoms with Crippen LogP contribution in [0.15, 0.2) is 6.20 Å². The zero-order valence-electron chi connectivity index (χ0n) is 8.23. The zero-order valence-corrected chi connectivity index (χ0v) is 9.74. The predicted molar refractivity (Wildman–Crippen MR) is 59.6 cm³/mol. The minimum Gasteiger partial charge on any atom is -0.356 e. The van der Waals surface area contributed by atoms with Crippen LogP contribution < -0.4 is 0 Å². The lowest BCUT2D eigenvalue weighted by Crippen LogP contribution is -2.09. The van der Waals surface area contributed by atoms with Gasteiger partial charge in [0.1, 0.15) is 5.15 Å². The molecule has 1 aliphatic heterocycles. The Kier molecular flexibility index (Phi) is 2.46. The number of aromatic nitrogens is 4. The van der Waals surface area contributed by atoms with E-state index in [-0.39, 0.29) is 11.5 Å². The van der Waals surface area contributed by atoms with Crippen molar-refractivity contribution in [1.29, 1.82) is 0 Å². The number of halogens is 2. The molecule has 0 spiro atoms. The fraction of sp³-hybridized carbons (Fsp3) is 0.444. The van der Waals surface area contributed by atoms with Crippen LogP contribution in [0.25, 0.3) is 11.0 Å². The molecule has 0 bridgehead atoms. The van der Waals surface area contributed by atoms with Crippen LogP contribution in [-0.2, 0) is 4.74 Å². The molecule has 3 heterocycles. The number of nitrogens with zero attached hydrogens (tertiary/aromatic N) is 4. The van der Waals surface area contributed by atoms with Gasteiger partial charge in [0.2, 0.25) is 5.28 Å². The lowest BCUT2D eigenvalue weighted by Gasteiger charge is -2.10. The second-order valence-corrected chi connectivity index (χ2v) is 4.27. The highest BCUT2D eigenvalue weighted by molar-refractivity contribution is 6.35. The first-order valence-electron chi connectivity index (χ1n) is 4.93. The molecule has 16 heavy (non-hydrogen) atoms. The van der Waals surface area contributed by atoms with Gasteiger partial charge < -0.3 is 4.74 Å². The standard InChI is InChI=1S/C9H8Cl2N4O/c10-7-5-4-12-15(6-2-1-3-16-6)8(5)14-9(11)13-7/h4,6H,1-3H2. The van der Waals surface area contributed by atoms with Gasteiger partial charge in [0.15, 0.2) is 11.9 Å². The Hall–Kier alpha value is -0.910. The number of ether oxygens (including phenoxy) is 1. The van der Waals surface area contributed by atoms with Crippen molar-refractivity contribution in [3.8, 4) is 0 Å². The summed E-state index contributed by atoms with van der Waals surface area (Å²) in [6.07, 6.45) is 3.52. The van der Waals surface area contributed by atoms with E-state index >= 15 is 0 Å². The fourth-order valence-corrected chi connectivity index (χ4v) is 2.25. The summed E-state index contributed by atoms with van der Waals surface area (Å²) in [5.74, 6) is 0. The van der Waals surface area contributed by atoms with Crippen molar-refractivity contribution in [3.63, 3.8) is 0 Å². The van der Waals surface area contributed by atoms with Crippen molar-refractivity contribution in [1.82, 2.24) is 19.7 Å². The molecule has 7 heteroatoms. The molecule has 1 aliphatic rings. The van der Waals surface area contributed by atoms with E-state index < -0.39 is 0 Å². The average molecular weight is 259 g/mol. The lowest BCUT2D eigenvalue weighted by molar-refractivity contribution is 0.0499. The van der Waals surface area contributed by atoms with E-state index in [0.717, 1.165) is 19.4 Å². The van der Waals surface area contributed by atoms with Crippen LogP contribution in [0.1, 0.15) is 19.1 Å². The molecule has 0 saturated carbocycles. The fourth-order valence-electron chi connectivity index (χ4n) is 1.83. The third-order valence-corrected chi connectivity index (χ3v) is 3.02. The predicted octanol–water partition coefficient (Wildman–Crippen LogP) is 2.44. The van der Waals surface area contributed by atoms with Gasteiger partial charge >= 0.3 is 0 Å². The molecule has 3 rings (SSSR count). The van der Waals surface area contributed by atoms with Gasteiger partial charge in [-0.25, -0.2) is 9.67 Å². The first-order chi connectivity index (χ1) is 7.75. The van der Waals surface area contributed by atoms with Crippen LogP contribution in [0.3, 0.4) is 0 Å². The highest BCUT2D eigenvalue weighted by Gasteiger charge is 2.22. The van der Waals surface area contributed by atoms with Crippen LogP contribution in [0.2, 0.25) is 10.4 Å². The van der Waals surface area contributed by atoms with E-state index in [2.05, 4.69) is 15.1 Å². The van der Waals surface area contributed by atoms with Gasteiger partial charge in [-0.2, -0.15) is 10.1 Å². The number of rotatable bonds is 1. The molecule has 2 aromatic heterocycles. The van der Waals surface area contributed by atoms with Gasteiger partial charge in [-0.3, -0.25) is 0 Å². The van der Waals surface area contributed by atoms with Gasteiger partial charge in [-0.15, -0.1) is 0 Å². The minimum absolute atomic E-state index is 0.0699. The van der Waals surface area contributed by atoms with E-state index in [0.29, 0.717) is 16.2 Å². The normalized spacial score (nSPS) is 20.8. The summed E-state index contributed by atoms with van der Waals surface area (Å²) in [4.78, 5) is 8.00. The van der Waals surface area contributed by atoms with Gasteiger partial charge in [-0.1, -0.05) is 11.6 Å². The van der Waals surface area contributed by atoms with Crippen molar-refractivity contribution < 1.29 is 4.74 Å². The molecule has 1 fully saturated rings. The molecule has 1 saturated heterocycles. The van der Waals surface area contributed by atoms with Gasteiger partial charge in [0.05, 0.1) is 11.6 Å². The van der Waals surface area contributed by atoms with Crippen molar-refractivity contribution in [2.45, 2.75) is 19.1 Å². The van der Waals surface area contributed by atoms with Crippen molar-refractivity contribution in [3.05, 3.63) is 16.6 Å². The van der Waals surface area contributed by atoms with E-state index in [1.807, 2.05) is 0 Å². The SMILES string of the molecule is Clc1nc(Cl)c2cnn(C3CCCO3)c2n1. The number of hydrogen-bond acceptors (Lipinski definition) is 4. The van der Waals surface area contributed by atoms with Crippen molar-refractivity contribution >= 4 is 34.2 Å². The Morgan fingerprint density at radius 1 is 1.38 bits per heavy atom. The Balaban J connectivity index is 2.18. The molecule has 1 atom stereocenters. The smallest absolute Gasteiger partial charge is 0.225 e. The second kappa shape index (κ2) is 3.84. The highest BCUT2D eigenvalue weighted by atomic mass is 35.5. The van der Waals surface area contributed by atoms with Crippen LogP contribution in [0, 0.1) is 0 Å². The molecule has 0 radical (unpaired) electrons. The van der Waals surface area contributed by atoms with E-state index in [4.69, 9.17) is 27.9 Å². The van der Waals surface area contributed by atoms with Crippen molar-refractivity contribution in [2.75, 3.05) is 6.61 Å². The molecule has 0 amide bonds. The molecule has 2 aromatic rings. The molecular formula is C9H8Cl2N4O. The van der Waals surface area contributed by atoms with Gasteiger partial charge in [0.25, 0.3) is 0 Å². The Bertz CT molecular complexity index is 536. The van der Waals surface area contributed by atoms with Crippen LogP contribution >= 0.6 is 23.2 Å². The van der Waals surface area contributed by atoms with Gasteiger partial charge in [-0.05, 0) is 24.4 Å². The summed E-state index contributed by atoms with van der Waals surface area (Å²) in [6.45, 7) is 0.749. The molecule has 0 aliphatic carbocycles. The molecule has 0 N–H and O–H groups in total. The average Bonchev–Trinajstić information content (AvgIpc) is 2.83.